The van der Waals surface area contributed by atoms with Crippen LogP contribution in [-0.2, 0) is 13.0 Å². The van der Waals surface area contributed by atoms with Crippen molar-refractivity contribution in [2.75, 3.05) is 20.8 Å². The lowest BCUT2D eigenvalue weighted by molar-refractivity contribution is -0.673. The zero-order valence-electron chi connectivity index (χ0n) is 16.0. The molecule has 2 N–H and O–H groups in total. The summed E-state index contributed by atoms with van der Waals surface area (Å²) < 4.78 is 10.5. The number of nitrogens with two attached hydrogens (primary N) is 1. The highest BCUT2D eigenvalue weighted by molar-refractivity contribution is 5.64. The third-order valence-electron chi connectivity index (χ3n) is 4.33. The molecule has 0 atom stereocenters. The van der Waals surface area contributed by atoms with E-state index in [1.165, 1.54) is 17.7 Å². The highest BCUT2D eigenvalue weighted by Gasteiger charge is 2.24. The Kier molecular flexibility index (Phi) is 7.03. The standard InChI is InChI=1S/C11H15NO2.C6H3N3O7/c1-13-10-5-8-3-4-12-7-9(8)6-11(10)14-2;10-6-4(8(13)14)1-3(7(11)12)2-5(6)9(15)16/h5-6,12H,3-4,7H2,1-2H3;1-2,10H. The second kappa shape index (κ2) is 9.47. The molecule has 0 saturated heterocycles. The van der Waals surface area contributed by atoms with Gasteiger partial charge in [0.1, 0.15) is 6.54 Å². The lowest BCUT2D eigenvalue weighted by Gasteiger charge is -2.17. The first-order chi connectivity index (χ1) is 14.2. The van der Waals surface area contributed by atoms with Crippen molar-refractivity contribution in [2.24, 2.45) is 0 Å². The van der Waals surface area contributed by atoms with E-state index in [0.29, 0.717) is 12.1 Å². The van der Waals surface area contributed by atoms with Gasteiger partial charge in [0.05, 0.1) is 53.4 Å². The van der Waals surface area contributed by atoms with E-state index in [1.807, 2.05) is 0 Å². The number of hydrogen-bond donors (Lipinski definition) is 1. The highest BCUT2D eigenvalue weighted by atomic mass is 16.6. The Morgan fingerprint density at radius 3 is 1.77 bits per heavy atom. The molecule has 1 heterocycles. The first-order valence-electron chi connectivity index (χ1n) is 8.53. The van der Waals surface area contributed by atoms with Gasteiger partial charge in [0, 0.05) is 12.0 Å². The average molecular weight is 422 g/mol. The number of methoxy groups -OCH3 is 2. The van der Waals surface area contributed by atoms with Crippen LogP contribution >= 0.6 is 0 Å². The van der Waals surface area contributed by atoms with Crippen molar-refractivity contribution in [1.82, 2.24) is 0 Å². The average Bonchev–Trinajstić information content (AvgIpc) is 2.72. The molecule has 160 valence electrons. The Morgan fingerprint density at radius 1 is 0.833 bits per heavy atom. The molecule has 3 rings (SSSR count). The number of benzene rings is 2. The van der Waals surface area contributed by atoms with Crippen molar-refractivity contribution in [1.29, 1.82) is 0 Å². The lowest BCUT2D eigenvalue weighted by Crippen LogP contribution is -2.84. The molecule has 0 aliphatic carbocycles. The van der Waals surface area contributed by atoms with E-state index in [0.717, 1.165) is 24.5 Å². The summed E-state index contributed by atoms with van der Waals surface area (Å²) in [7, 11) is 3.36. The van der Waals surface area contributed by atoms with Gasteiger partial charge in [-0.3, -0.25) is 30.3 Å². The summed E-state index contributed by atoms with van der Waals surface area (Å²) in [5.74, 6) is 0.218. The highest BCUT2D eigenvalue weighted by Crippen LogP contribution is 2.37. The summed E-state index contributed by atoms with van der Waals surface area (Å²) in [6.07, 6.45) is 1.12. The molecule has 0 aromatic heterocycles. The molecule has 0 spiro atoms. The number of nitro benzene ring substituents is 3. The molecule has 13 nitrogen and oxygen atoms in total. The van der Waals surface area contributed by atoms with E-state index < -0.39 is 37.6 Å². The second-order valence-electron chi connectivity index (χ2n) is 6.09. The molecule has 0 fully saturated rings. The molecular weight excluding hydrogens is 404 g/mol. The van der Waals surface area contributed by atoms with Gasteiger partial charge < -0.3 is 19.9 Å². The maximum atomic E-state index is 11.1. The number of nitrogens with zero attached hydrogens (tertiary/aromatic N) is 3. The maximum absolute atomic E-state index is 11.1. The normalized spacial score (nSPS) is 12.1. The zero-order valence-corrected chi connectivity index (χ0v) is 16.0. The fraction of sp³-hybridized carbons (Fsp3) is 0.294. The SMILES string of the molecule is COc1cc2c(cc1OC)C[NH2+]CC2.O=[N+]([O-])c1cc([N+](=O)[O-])c([O-])c([N+](=O)[O-])c1. The maximum Gasteiger partial charge on any atom is 0.283 e. The van der Waals surface area contributed by atoms with Crippen molar-refractivity contribution in [3.8, 4) is 17.2 Å². The minimum absolute atomic E-state index is 0.384. The monoisotopic (exact) mass is 422 g/mol. The number of quaternary nitrogens is 1. The van der Waals surface area contributed by atoms with E-state index in [1.54, 1.807) is 14.2 Å². The predicted molar refractivity (Wildman–Crippen MR) is 99.6 cm³/mol. The summed E-state index contributed by atoms with van der Waals surface area (Å²) in [6, 6.07) is 4.95. The molecule has 0 bridgehead atoms. The van der Waals surface area contributed by atoms with Gasteiger partial charge in [0.25, 0.3) is 17.1 Å². The van der Waals surface area contributed by atoms with Crippen LogP contribution < -0.4 is 19.9 Å². The number of ether oxygens (including phenoxy) is 2. The molecule has 2 aromatic rings. The van der Waals surface area contributed by atoms with Crippen molar-refractivity contribution >= 4 is 17.1 Å². The van der Waals surface area contributed by atoms with Gasteiger partial charge in [-0.05, 0) is 17.7 Å². The van der Waals surface area contributed by atoms with Crippen LogP contribution in [0.15, 0.2) is 24.3 Å². The minimum atomic E-state index is -1.46. The van der Waals surface area contributed by atoms with Gasteiger partial charge in [0.2, 0.25) is 0 Å². The molecule has 30 heavy (non-hydrogen) atoms. The Bertz CT molecular complexity index is 914. The van der Waals surface area contributed by atoms with Gasteiger partial charge in [-0.1, -0.05) is 0 Å². The van der Waals surface area contributed by atoms with E-state index in [9.17, 15) is 35.4 Å². The third kappa shape index (κ3) is 4.88. The molecule has 13 heteroatoms. The number of fused-ring (bicyclic) bond motifs is 1. The number of rotatable bonds is 5. The third-order valence-corrected chi connectivity index (χ3v) is 4.33. The van der Waals surface area contributed by atoms with E-state index >= 15 is 0 Å². The van der Waals surface area contributed by atoms with Crippen LogP contribution in [0.3, 0.4) is 0 Å². The number of hydrogen-bond acceptors (Lipinski definition) is 9. The molecule has 1 aliphatic heterocycles. The molecule has 0 saturated carbocycles. The Labute approximate surface area is 169 Å². The van der Waals surface area contributed by atoms with Crippen LogP contribution in [-0.4, -0.2) is 35.5 Å². The Hall–Kier alpha value is -4.00. The van der Waals surface area contributed by atoms with E-state index in [-0.39, 0.29) is 0 Å². The van der Waals surface area contributed by atoms with Crippen LogP contribution in [0.2, 0.25) is 0 Å². The van der Waals surface area contributed by atoms with Crippen molar-refractivity contribution < 1.29 is 34.7 Å². The molecular formula is C17H18N4O9. The van der Waals surface area contributed by atoms with E-state index in [2.05, 4.69) is 17.4 Å². The van der Waals surface area contributed by atoms with Gasteiger partial charge >= 0.3 is 0 Å². The van der Waals surface area contributed by atoms with Gasteiger partial charge in [-0.15, -0.1) is 0 Å². The van der Waals surface area contributed by atoms with Crippen molar-refractivity contribution in [2.45, 2.75) is 13.0 Å². The van der Waals surface area contributed by atoms with Gasteiger partial charge in [0.15, 0.2) is 11.5 Å². The van der Waals surface area contributed by atoms with Gasteiger partial charge in [-0.2, -0.15) is 0 Å². The molecule has 1 aliphatic rings. The number of nitro groups is 3. The topological polar surface area (TPSA) is 188 Å². The molecule has 0 unspecified atom stereocenters. The van der Waals surface area contributed by atoms with Crippen LogP contribution in [0.5, 0.6) is 17.2 Å². The molecule has 2 aromatic carbocycles. The first kappa shape index (κ1) is 22.3. The summed E-state index contributed by atoms with van der Waals surface area (Å²) in [4.78, 5) is 27.5. The fourth-order valence-corrected chi connectivity index (χ4v) is 2.86. The largest absolute Gasteiger partial charge is 0.863 e. The van der Waals surface area contributed by atoms with Crippen LogP contribution in [0, 0.1) is 30.3 Å². The fourth-order valence-electron chi connectivity index (χ4n) is 2.86. The van der Waals surface area contributed by atoms with E-state index in [4.69, 9.17) is 9.47 Å². The second-order valence-corrected chi connectivity index (χ2v) is 6.09. The summed E-state index contributed by atoms with van der Waals surface area (Å²) >= 11 is 0. The van der Waals surface area contributed by atoms with Crippen molar-refractivity contribution in [3.05, 3.63) is 65.7 Å². The number of non-ortho nitro benzene ring substituents is 1. The first-order valence-corrected chi connectivity index (χ1v) is 8.53. The predicted octanol–water partition coefficient (Wildman–Crippen LogP) is 0.808. The van der Waals surface area contributed by atoms with Crippen LogP contribution in [0.4, 0.5) is 17.1 Å². The van der Waals surface area contributed by atoms with Crippen LogP contribution in [0.1, 0.15) is 11.1 Å². The van der Waals surface area contributed by atoms with Crippen molar-refractivity contribution in [3.63, 3.8) is 0 Å². The summed E-state index contributed by atoms with van der Waals surface area (Å²) in [5.41, 5.74) is -0.501. The Morgan fingerprint density at radius 2 is 1.33 bits per heavy atom. The Balaban J connectivity index is 0.000000215. The summed E-state index contributed by atoms with van der Waals surface area (Å²) in [5, 5.41) is 44.4. The lowest BCUT2D eigenvalue weighted by atomic mass is 10.0. The zero-order chi connectivity index (χ0) is 22.4. The quantitative estimate of drug-likeness (QED) is 0.537. The van der Waals surface area contributed by atoms with Gasteiger partial charge in [-0.25, -0.2) is 0 Å². The summed E-state index contributed by atoms with van der Waals surface area (Å²) in [6.45, 7) is 2.22. The molecule has 0 amide bonds. The van der Waals surface area contributed by atoms with Crippen LogP contribution in [0.25, 0.3) is 0 Å². The minimum Gasteiger partial charge on any atom is -0.863 e. The molecule has 0 radical (unpaired) electrons. The smallest absolute Gasteiger partial charge is 0.283 e.